The molecule has 0 unspecified atom stereocenters. The number of sulfonamides is 1. The van der Waals surface area contributed by atoms with Crippen LogP contribution in [-0.4, -0.2) is 61.8 Å². The molecule has 0 amide bonds. The summed E-state index contributed by atoms with van der Waals surface area (Å²) in [5, 5.41) is 4.48. The molecule has 0 atom stereocenters. The van der Waals surface area contributed by atoms with Gasteiger partial charge in [-0.2, -0.15) is 9.40 Å². The number of nitrogens with zero attached hydrogens (tertiary/aromatic N) is 4. The van der Waals surface area contributed by atoms with Crippen molar-refractivity contribution in [1.29, 1.82) is 0 Å². The average molecular weight is 457 g/mol. The lowest BCUT2D eigenvalue weighted by atomic mass is 10.1. The second-order valence-electron chi connectivity index (χ2n) is 7.98. The number of rotatable bonds is 9. The third-order valence-electron chi connectivity index (χ3n) is 5.64. The van der Waals surface area contributed by atoms with Crippen molar-refractivity contribution in [2.45, 2.75) is 24.2 Å². The molecule has 32 heavy (non-hydrogen) atoms. The average Bonchev–Trinajstić information content (AvgIpc) is 3.28. The summed E-state index contributed by atoms with van der Waals surface area (Å²) in [5.74, 6) is 1.45. The third-order valence-corrected chi connectivity index (χ3v) is 7.33. The summed E-state index contributed by atoms with van der Waals surface area (Å²) >= 11 is 0. The Hall–Kier alpha value is -2.88. The van der Waals surface area contributed by atoms with Crippen LogP contribution in [0.3, 0.4) is 0 Å². The Bertz CT molecular complexity index is 1090. The van der Waals surface area contributed by atoms with E-state index in [-0.39, 0.29) is 24.2 Å². The van der Waals surface area contributed by atoms with Crippen LogP contribution in [0.15, 0.2) is 65.8 Å². The molecule has 8 nitrogen and oxygen atoms in total. The van der Waals surface area contributed by atoms with Gasteiger partial charge >= 0.3 is 0 Å². The number of ether oxygens (including phenoxy) is 2. The lowest BCUT2D eigenvalue weighted by Gasteiger charge is -2.36. The van der Waals surface area contributed by atoms with Crippen molar-refractivity contribution in [3.63, 3.8) is 0 Å². The third kappa shape index (κ3) is 4.79. The second kappa shape index (κ2) is 9.32. The van der Waals surface area contributed by atoms with Crippen molar-refractivity contribution in [3.8, 4) is 11.5 Å². The first-order valence-electron chi connectivity index (χ1n) is 10.4. The Balaban J connectivity index is 1.61. The molecule has 2 aromatic carbocycles. The Morgan fingerprint density at radius 3 is 1.84 bits per heavy atom. The van der Waals surface area contributed by atoms with Gasteiger partial charge in [0, 0.05) is 32.4 Å². The van der Waals surface area contributed by atoms with E-state index < -0.39 is 10.0 Å². The van der Waals surface area contributed by atoms with Gasteiger partial charge in [0.1, 0.15) is 11.5 Å². The fourth-order valence-corrected chi connectivity index (χ4v) is 5.06. The van der Waals surface area contributed by atoms with E-state index in [0.717, 1.165) is 35.7 Å². The molecule has 3 aromatic rings. The number of hydrogen-bond acceptors (Lipinski definition) is 6. The smallest absolute Gasteiger partial charge is 0.262 e. The minimum Gasteiger partial charge on any atom is -0.497 e. The maximum atomic E-state index is 13.6. The summed E-state index contributed by atoms with van der Waals surface area (Å²) in [6.45, 7) is 2.17. The highest BCUT2D eigenvalue weighted by Crippen LogP contribution is 2.24. The van der Waals surface area contributed by atoms with E-state index in [2.05, 4.69) is 10.00 Å². The molecule has 0 saturated carbocycles. The Morgan fingerprint density at radius 1 is 0.906 bits per heavy atom. The zero-order valence-electron chi connectivity index (χ0n) is 18.5. The number of methoxy groups -OCH3 is 2. The Labute approximate surface area is 189 Å². The van der Waals surface area contributed by atoms with Crippen LogP contribution in [0.4, 0.5) is 0 Å². The van der Waals surface area contributed by atoms with Crippen molar-refractivity contribution in [3.05, 3.63) is 71.9 Å². The van der Waals surface area contributed by atoms with Gasteiger partial charge in [0.15, 0.2) is 5.03 Å². The number of likely N-dealkylation sites (N-methyl/N-ethyl adjacent to an activating group) is 1. The van der Waals surface area contributed by atoms with E-state index in [1.165, 1.54) is 4.31 Å². The fourth-order valence-electron chi connectivity index (χ4n) is 3.72. The first-order chi connectivity index (χ1) is 15.4. The first-order valence-corrected chi connectivity index (χ1v) is 11.8. The number of likely N-dealkylation sites (tertiary alicyclic amines) is 1. The predicted molar refractivity (Wildman–Crippen MR) is 121 cm³/mol. The van der Waals surface area contributed by atoms with E-state index in [4.69, 9.17) is 9.47 Å². The molecule has 0 aliphatic carbocycles. The van der Waals surface area contributed by atoms with Gasteiger partial charge in [-0.3, -0.25) is 4.68 Å². The molecule has 0 spiro atoms. The van der Waals surface area contributed by atoms with Crippen molar-refractivity contribution in [2.75, 3.05) is 34.4 Å². The van der Waals surface area contributed by atoms with Gasteiger partial charge in [-0.05, 0) is 48.5 Å². The summed E-state index contributed by atoms with van der Waals surface area (Å²) < 4.78 is 40.8. The van der Waals surface area contributed by atoms with E-state index in [1.54, 1.807) is 31.2 Å². The van der Waals surface area contributed by atoms with Gasteiger partial charge in [-0.25, -0.2) is 8.42 Å². The molecular weight excluding hydrogens is 428 g/mol. The van der Waals surface area contributed by atoms with E-state index in [1.807, 2.05) is 55.6 Å². The van der Waals surface area contributed by atoms with E-state index >= 15 is 0 Å². The molecule has 0 radical (unpaired) electrons. The van der Waals surface area contributed by atoms with Crippen LogP contribution in [0.25, 0.3) is 0 Å². The minimum atomic E-state index is -3.81. The fraction of sp³-hybridized carbons (Fsp3) is 0.348. The first kappa shape index (κ1) is 22.3. The molecule has 1 aromatic heterocycles. The zero-order valence-corrected chi connectivity index (χ0v) is 19.3. The van der Waals surface area contributed by atoms with Crippen LogP contribution in [0.1, 0.15) is 17.2 Å². The molecule has 1 saturated heterocycles. The molecule has 2 heterocycles. The van der Waals surface area contributed by atoms with Gasteiger partial charge in [0.25, 0.3) is 10.0 Å². The highest BCUT2D eigenvalue weighted by Gasteiger charge is 2.30. The van der Waals surface area contributed by atoms with Crippen LogP contribution in [0.2, 0.25) is 0 Å². The summed E-state index contributed by atoms with van der Waals surface area (Å²) in [6, 6.07) is 16.6. The van der Waals surface area contributed by atoms with Crippen molar-refractivity contribution in [2.24, 2.45) is 0 Å². The normalized spacial score (nSPS) is 15.0. The molecule has 1 fully saturated rings. The van der Waals surface area contributed by atoms with E-state index in [9.17, 15) is 8.42 Å². The van der Waals surface area contributed by atoms with Crippen LogP contribution >= 0.6 is 0 Å². The highest BCUT2D eigenvalue weighted by atomic mass is 32.2. The van der Waals surface area contributed by atoms with E-state index in [0.29, 0.717) is 0 Å². The Kier molecular flexibility index (Phi) is 6.50. The molecule has 1 aliphatic rings. The largest absolute Gasteiger partial charge is 0.497 e. The van der Waals surface area contributed by atoms with Crippen LogP contribution in [-0.2, 0) is 23.1 Å². The number of hydrogen-bond donors (Lipinski definition) is 0. The molecule has 0 bridgehead atoms. The molecule has 0 N–H and O–H groups in total. The van der Waals surface area contributed by atoms with Crippen LogP contribution < -0.4 is 9.47 Å². The maximum absolute atomic E-state index is 13.6. The van der Waals surface area contributed by atoms with Crippen molar-refractivity contribution in [1.82, 2.24) is 19.0 Å². The van der Waals surface area contributed by atoms with Crippen LogP contribution in [0.5, 0.6) is 11.5 Å². The molecule has 9 heteroatoms. The summed E-state index contributed by atoms with van der Waals surface area (Å²) in [7, 11) is 1.42. The lowest BCUT2D eigenvalue weighted by molar-refractivity contribution is 0.129. The standard InChI is InChI=1S/C23H28N4O4S/c1-25-16-20(17-25)27-13-12-23(24-27)32(28,29)26(14-18-4-8-21(30-2)9-5-18)15-19-6-10-22(31-3)11-7-19/h4-13,20H,14-17H2,1-3H3. The SMILES string of the molecule is COc1ccc(CN(Cc2ccc(OC)cc2)S(=O)(=O)c2ccn(C3CN(C)C3)n2)cc1. The summed E-state index contributed by atoms with van der Waals surface area (Å²) in [5.41, 5.74) is 1.73. The Morgan fingerprint density at radius 2 is 1.41 bits per heavy atom. The minimum absolute atomic E-state index is 0.0640. The van der Waals surface area contributed by atoms with Crippen molar-refractivity contribution >= 4 is 10.0 Å². The van der Waals surface area contributed by atoms with Crippen LogP contribution in [0, 0.1) is 0 Å². The summed E-state index contributed by atoms with van der Waals surface area (Å²) in [4.78, 5) is 2.17. The topological polar surface area (TPSA) is 76.9 Å². The van der Waals surface area contributed by atoms with Gasteiger partial charge in [-0.15, -0.1) is 0 Å². The second-order valence-corrected chi connectivity index (χ2v) is 9.86. The van der Waals surface area contributed by atoms with Gasteiger partial charge < -0.3 is 14.4 Å². The lowest BCUT2D eigenvalue weighted by Crippen LogP contribution is -2.45. The predicted octanol–water partition coefficient (Wildman–Crippen LogP) is 2.78. The monoisotopic (exact) mass is 456 g/mol. The highest BCUT2D eigenvalue weighted by molar-refractivity contribution is 7.89. The molecule has 4 rings (SSSR count). The number of aromatic nitrogens is 2. The van der Waals surface area contributed by atoms with Gasteiger partial charge in [0.2, 0.25) is 0 Å². The van der Waals surface area contributed by atoms with Gasteiger partial charge in [0.05, 0.1) is 20.3 Å². The quantitative estimate of drug-likeness (QED) is 0.493. The zero-order chi connectivity index (χ0) is 22.7. The summed E-state index contributed by atoms with van der Waals surface area (Å²) in [6.07, 6.45) is 1.75. The molecular formula is C23H28N4O4S. The van der Waals surface area contributed by atoms with Gasteiger partial charge in [-0.1, -0.05) is 24.3 Å². The number of benzene rings is 2. The maximum Gasteiger partial charge on any atom is 0.262 e. The molecule has 1 aliphatic heterocycles. The molecule has 170 valence electrons. The van der Waals surface area contributed by atoms with Crippen molar-refractivity contribution < 1.29 is 17.9 Å².